The summed E-state index contributed by atoms with van der Waals surface area (Å²) in [6.45, 7) is 0.311. The average Bonchev–Trinajstić information content (AvgIpc) is 2.91. The van der Waals surface area contributed by atoms with Gasteiger partial charge in [-0.25, -0.2) is 4.79 Å². The molecule has 4 rings (SSSR count). The molecule has 1 fully saturated rings. The Morgan fingerprint density at radius 1 is 1.12 bits per heavy atom. The molecule has 0 aliphatic carbocycles. The number of fused-ring (bicyclic) bond motifs is 3. The maximum atomic E-state index is 12.8. The van der Waals surface area contributed by atoms with Crippen molar-refractivity contribution in [2.45, 2.75) is 12.1 Å². The Balaban J connectivity index is 1.77. The Labute approximate surface area is 139 Å². The van der Waals surface area contributed by atoms with Crippen LogP contribution in [0.5, 0.6) is 5.75 Å². The number of rotatable bonds is 3. The standard InChI is InChI=1S/C18H17N3O3/c19-16(22)11-20-10-14-17(12-6-2-1-3-7-12)24-15-9-5-4-8-13(15)21(14)18(20)23/h1-9,14,17H,10-11H2,(H2,19,22). The molecule has 24 heavy (non-hydrogen) atoms. The van der Waals surface area contributed by atoms with Crippen molar-refractivity contribution < 1.29 is 14.3 Å². The number of para-hydroxylation sites is 2. The predicted molar refractivity (Wildman–Crippen MR) is 88.7 cm³/mol. The minimum absolute atomic E-state index is 0.0878. The molecule has 0 saturated carbocycles. The summed E-state index contributed by atoms with van der Waals surface area (Å²) in [6, 6.07) is 16.8. The lowest BCUT2D eigenvalue weighted by atomic mass is 9.99. The summed E-state index contributed by atoms with van der Waals surface area (Å²) in [5.74, 6) is 0.144. The molecule has 1 saturated heterocycles. The molecule has 2 aliphatic heterocycles. The van der Waals surface area contributed by atoms with Gasteiger partial charge in [-0.05, 0) is 17.7 Å². The number of nitrogens with zero attached hydrogens (tertiary/aromatic N) is 2. The number of anilines is 1. The molecule has 2 atom stereocenters. The number of carbonyl (C=O) groups excluding carboxylic acids is 2. The van der Waals surface area contributed by atoms with Gasteiger partial charge in [0.25, 0.3) is 0 Å². The molecular formula is C18H17N3O3. The maximum absolute atomic E-state index is 12.8. The van der Waals surface area contributed by atoms with Crippen LogP contribution in [0.4, 0.5) is 10.5 Å². The molecule has 0 radical (unpaired) electrons. The van der Waals surface area contributed by atoms with E-state index in [2.05, 4.69) is 0 Å². The zero-order valence-electron chi connectivity index (χ0n) is 13.0. The van der Waals surface area contributed by atoms with E-state index in [9.17, 15) is 9.59 Å². The van der Waals surface area contributed by atoms with Gasteiger partial charge in [0.2, 0.25) is 5.91 Å². The van der Waals surface area contributed by atoms with Gasteiger partial charge in [0.05, 0.1) is 11.7 Å². The van der Waals surface area contributed by atoms with Gasteiger partial charge >= 0.3 is 6.03 Å². The summed E-state index contributed by atoms with van der Waals surface area (Å²) in [6.07, 6.45) is -0.289. The van der Waals surface area contributed by atoms with Gasteiger partial charge in [0.1, 0.15) is 18.4 Å². The Bertz CT molecular complexity index is 793. The second-order valence-electron chi connectivity index (χ2n) is 5.98. The zero-order chi connectivity index (χ0) is 16.7. The third-order valence-corrected chi connectivity index (χ3v) is 4.42. The summed E-state index contributed by atoms with van der Waals surface area (Å²) < 4.78 is 6.20. The number of hydrogen-bond acceptors (Lipinski definition) is 3. The molecule has 6 heteroatoms. The van der Waals surface area contributed by atoms with Crippen LogP contribution in [-0.2, 0) is 4.79 Å². The fourth-order valence-electron chi connectivity index (χ4n) is 3.42. The van der Waals surface area contributed by atoms with E-state index >= 15 is 0 Å². The molecule has 2 heterocycles. The number of ether oxygens (including phenoxy) is 1. The molecular weight excluding hydrogens is 306 g/mol. The number of amides is 3. The van der Waals surface area contributed by atoms with Crippen LogP contribution >= 0.6 is 0 Å². The van der Waals surface area contributed by atoms with Crippen molar-refractivity contribution in [1.29, 1.82) is 0 Å². The first-order valence-electron chi connectivity index (χ1n) is 7.82. The van der Waals surface area contributed by atoms with Crippen LogP contribution in [0.3, 0.4) is 0 Å². The fraction of sp³-hybridized carbons (Fsp3) is 0.222. The van der Waals surface area contributed by atoms with E-state index in [-0.39, 0.29) is 24.7 Å². The number of nitrogens with two attached hydrogens (primary N) is 1. The van der Waals surface area contributed by atoms with Crippen molar-refractivity contribution in [2.75, 3.05) is 18.0 Å². The van der Waals surface area contributed by atoms with Crippen LogP contribution in [0.2, 0.25) is 0 Å². The predicted octanol–water partition coefficient (Wildman–Crippen LogP) is 1.92. The van der Waals surface area contributed by atoms with Crippen LogP contribution in [-0.4, -0.2) is 36.0 Å². The lowest BCUT2D eigenvalue weighted by Crippen LogP contribution is -2.43. The van der Waals surface area contributed by atoms with E-state index in [1.54, 1.807) is 4.90 Å². The number of benzene rings is 2. The van der Waals surface area contributed by atoms with E-state index in [1.807, 2.05) is 54.6 Å². The van der Waals surface area contributed by atoms with Crippen LogP contribution < -0.4 is 15.4 Å². The SMILES string of the molecule is NC(=O)CN1CC2C(c3ccccc3)Oc3ccccc3N2C1=O. The molecule has 2 aromatic rings. The first-order chi connectivity index (χ1) is 11.6. The minimum atomic E-state index is -0.520. The van der Waals surface area contributed by atoms with Crippen molar-refractivity contribution in [3.8, 4) is 5.75 Å². The van der Waals surface area contributed by atoms with E-state index in [4.69, 9.17) is 10.5 Å². The topological polar surface area (TPSA) is 75.9 Å². The summed E-state index contributed by atoms with van der Waals surface area (Å²) in [5.41, 5.74) is 7.01. The number of primary amides is 1. The number of hydrogen-bond donors (Lipinski definition) is 1. The van der Waals surface area contributed by atoms with E-state index in [1.165, 1.54) is 4.90 Å². The normalized spacial score (nSPS) is 21.9. The highest BCUT2D eigenvalue weighted by Crippen LogP contribution is 2.44. The first-order valence-corrected chi connectivity index (χ1v) is 7.82. The van der Waals surface area contributed by atoms with Crippen molar-refractivity contribution in [3.05, 3.63) is 60.2 Å². The van der Waals surface area contributed by atoms with Crippen molar-refractivity contribution in [1.82, 2.24) is 4.90 Å². The molecule has 2 unspecified atom stereocenters. The summed E-state index contributed by atoms with van der Waals surface area (Å²) >= 11 is 0. The Morgan fingerprint density at radius 2 is 1.83 bits per heavy atom. The van der Waals surface area contributed by atoms with Gasteiger partial charge in [-0.15, -0.1) is 0 Å². The second-order valence-corrected chi connectivity index (χ2v) is 5.98. The molecule has 0 spiro atoms. The third kappa shape index (κ3) is 2.27. The molecule has 3 amide bonds. The molecule has 122 valence electrons. The summed E-state index contributed by atoms with van der Waals surface area (Å²) in [5, 5.41) is 0. The third-order valence-electron chi connectivity index (χ3n) is 4.42. The lowest BCUT2D eigenvalue weighted by Gasteiger charge is -2.37. The molecule has 2 aliphatic rings. The van der Waals surface area contributed by atoms with Crippen LogP contribution in [0, 0.1) is 0 Å². The van der Waals surface area contributed by atoms with E-state index in [0.29, 0.717) is 12.3 Å². The second kappa shape index (κ2) is 5.56. The van der Waals surface area contributed by atoms with Gasteiger partial charge in [-0.2, -0.15) is 0 Å². The molecule has 2 N–H and O–H groups in total. The minimum Gasteiger partial charge on any atom is -0.481 e. The quantitative estimate of drug-likeness (QED) is 0.937. The monoisotopic (exact) mass is 323 g/mol. The van der Waals surface area contributed by atoms with E-state index < -0.39 is 5.91 Å². The zero-order valence-corrected chi connectivity index (χ0v) is 13.0. The lowest BCUT2D eigenvalue weighted by molar-refractivity contribution is -0.118. The number of carbonyl (C=O) groups is 2. The maximum Gasteiger partial charge on any atom is 0.325 e. The van der Waals surface area contributed by atoms with Crippen molar-refractivity contribution in [2.24, 2.45) is 5.73 Å². The van der Waals surface area contributed by atoms with Crippen LogP contribution in [0.25, 0.3) is 0 Å². The van der Waals surface area contributed by atoms with Gasteiger partial charge in [-0.1, -0.05) is 42.5 Å². The molecule has 0 aromatic heterocycles. The summed E-state index contributed by atoms with van der Waals surface area (Å²) in [4.78, 5) is 27.3. The smallest absolute Gasteiger partial charge is 0.325 e. The Morgan fingerprint density at radius 3 is 2.58 bits per heavy atom. The average molecular weight is 323 g/mol. The Kier molecular flexibility index (Phi) is 3.37. The molecule has 2 aromatic carbocycles. The largest absolute Gasteiger partial charge is 0.481 e. The van der Waals surface area contributed by atoms with Gasteiger partial charge in [0, 0.05) is 6.54 Å². The van der Waals surface area contributed by atoms with Gasteiger partial charge < -0.3 is 15.4 Å². The summed E-state index contributed by atoms with van der Waals surface area (Å²) in [7, 11) is 0. The number of urea groups is 1. The first kappa shape index (κ1) is 14.6. The molecule has 6 nitrogen and oxygen atoms in total. The van der Waals surface area contributed by atoms with E-state index in [0.717, 1.165) is 11.3 Å². The van der Waals surface area contributed by atoms with Crippen molar-refractivity contribution in [3.63, 3.8) is 0 Å². The van der Waals surface area contributed by atoms with Crippen LogP contribution in [0.1, 0.15) is 11.7 Å². The van der Waals surface area contributed by atoms with Crippen LogP contribution in [0.15, 0.2) is 54.6 Å². The van der Waals surface area contributed by atoms with Crippen molar-refractivity contribution >= 4 is 17.6 Å². The Hall–Kier alpha value is -3.02. The highest BCUT2D eigenvalue weighted by molar-refractivity contribution is 5.99. The highest BCUT2D eigenvalue weighted by atomic mass is 16.5. The molecule has 0 bridgehead atoms. The van der Waals surface area contributed by atoms with Gasteiger partial charge in [0.15, 0.2) is 0 Å². The fourth-order valence-corrected chi connectivity index (χ4v) is 3.42. The van der Waals surface area contributed by atoms with Gasteiger partial charge in [-0.3, -0.25) is 9.69 Å². The highest BCUT2D eigenvalue weighted by Gasteiger charge is 2.48.